The minimum Gasteiger partial charge on any atom is -0.331 e. The zero-order valence-corrected chi connectivity index (χ0v) is 8.58. The Morgan fingerprint density at radius 1 is 1.42 bits per heavy atom. The first-order chi connectivity index (χ1) is 5.74. The number of benzene rings is 1. The van der Waals surface area contributed by atoms with Gasteiger partial charge in [0.2, 0.25) is 0 Å². The molecular formula is C7H8BrN3S. The standard InChI is InChI=1S/C7H8BrN3S/c8-5-3-1-2-4-6(5)10-7(12)11-9/h1-4H,9H2,(H2,10,11,12). The molecule has 0 fully saturated rings. The number of para-hydroxylation sites is 1. The van der Waals surface area contributed by atoms with Crippen molar-refractivity contribution >= 4 is 38.9 Å². The zero-order valence-electron chi connectivity index (χ0n) is 6.17. The van der Waals surface area contributed by atoms with Crippen LogP contribution in [0.3, 0.4) is 0 Å². The highest BCUT2D eigenvalue weighted by molar-refractivity contribution is 9.10. The van der Waals surface area contributed by atoms with E-state index in [1.807, 2.05) is 24.3 Å². The summed E-state index contributed by atoms with van der Waals surface area (Å²) in [5.41, 5.74) is 3.23. The van der Waals surface area contributed by atoms with Gasteiger partial charge < -0.3 is 10.7 Å². The Labute approximate surface area is 84.4 Å². The number of rotatable bonds is 1. The van der Waals surface area contributed by atoms with E-state index >= 15 is 0 Å². The second-order valence-electron chi connectivity index (χ2n) is 2.08. The fraction of sp³-hybridized carbons (Fsp3) is 0. The van der Waals surface area contributed by atoms with E-state index in [0.29, 0.717) is 5.11 Å². The van der Waals surface area contributed by atoms with Crippen LogP contribution in [-0.4, -0.2) is 5.11 Å². The van der Waals surface area contributed by atoms with Crippen molar-refractivity contribution in [2.24, 2.45) is 5.84 Å². The molecule has 0 saturated heterocycles. The van der Waals surface area contributed by atoms with Crippen molar-refractivity contribution < 1.29 is 0 Å². The van der Waals surface area contributed by atoms with E-state index in [-0.39, 0.29) is 0 Å². The van der Waals surface area contributed by atoms with Crippen LogP contribution in [0.25, 0.3) is 0 Å². The van der Waals surface area contributed by atoms with Crippen LogP contribution in [0.2, 0.25) is 0 Å². The molecule has 0 unspecified atom stereocenters. The lowest BCUT2D eigenvalue weighted by molar-refractivity contribution is 1.04. The van der Waals surface area contributed by atoms with E-state index in [9.17, 15) is 0 Å². The molecule has 0 bridgehead atoms. The average molecular weight is 246 g/mol. The van der Waals surface area contributed by atoms with E-state index in [4.69, 9.17) is 18.1 Å². The van der Waals surface area contributed by atoms with E-state index in [0.717, 1.165) is 10.2 Å². The molecule has 64 valence electrons. The average Bonchev–Trinajstić information content (AvgIpc) is 2.09. The van der Waals surface area contributed by atoms with Crippen LogP contribution >= 0.6 is 28.1 Å². The van der Waals surface area contributed by atoms with Crippen molar-refractivity contribution in [3.63, 3.8) is 0 Å². The van der Waals surface area contributed by atoms with Crippen molar-refractivity contribution in [3.8, 4) is 0 Å². The van der Waals surface area contributed by atoms with Crippen molar-refractivity contribution in [3.05, 3.63) is 28.7 Å². The zero-order chi connectivity index (χ0) is 8.97. The summed E-state index contributed by atoms with van der Waals surface area (Å²) in [6.07, 6.45) is 0. The molecule has 0 atom stereocenters. The Morgan fingerprint density at radius 3 is 2.67 bits per heavy atom. The number of hydrogen-bond donors (Lipinski definition) is 3. The van der Waals surface area contributed by atoms with Crippen LogP contribution < -0.4 is 16.6 Å². The molecule has 0 aliphatic carbocycles. The van der Waals surface area contributed by atoms with Crippen molar-refractivity contribution in [1.29, 1.82) is 0 Å². The van der Waals surface area contributed by atoms with Crippen molar-refractivity contribution in [2.45, 2.75) is 0 Å². The van der Waals surface area contributed by atoms with Gasteiger partial charge in [-0.25, -0.2) is 5.84 Å². The molecule has 12 heavy (non-hydrogen) atoms. The van der Waals surface area contributed by atoms with Crippen molar-refractivity contribution in [2.75, 3.05) is 5.32 Å². The number of thiocarbonyl (C=S) groups is 1. The highest BCUT2D eigenvalue weighted by Crippen LogP contribution is 2.20. The molecule has 0 saturated carbocycles. The van der Waals surface area contributed by atoms with Gasteiger partial charge in [-0.2, -0.15) is 0 Å². The van der Waals surface area contributed by atoms with Crippen LogP contribution in [0.4, 0.5) is 5.69 Å². The third-order valence-corrected chi connectivity index (χ3v) is 2.16. The molecule has 0 radical (unpaired) electrons. The molecule has 4 N–H and O–H groups in total. The number of nitrogens with one attached hydrogen (secondary N) is 2. The maximum Gasteiger partial charge on any atom is 0.185 e. The molecular weight excluding hydrogens is 238 g/mol. The van der Waals surface area contributed by atoms with E-state index in [1.54, 1.807) is 0 Å². The normalized spacial score (nSPS) is 9.17. The second-order valence-corrected chi connectivity index (χ2v) is 3.34. The first kappa shape index (κ1) is 9.44. The maximum atomic E-state index is 5.10. The first-order valence-electron chi connectivity index (χ1n) is 3.26. The topological polar surface area (TPSA) is 50.1 Å². The molecule has 5 heteroatoms. The van der Waals surface area contributed by atoms with Crippen LogP contribution in [0.5, 0.6) is 0 Å². The van der Waals surface area contributed by atoms with Gasteiger partial charge in [0.05, 0.1) is 5.69 Å². The summed E-state index contributed by atoms with van der Waals surface area (Å²) in [6.45, 7) is 0. The Hall–Kier alpha value is -0.650. The number of hydrazine groups is 1. The summed E-state index contributed by atoms with van der Waals surface area (Å²) in [5.74, 6) is 5.10. The quantitative estimate of drug-likeness (QED) is 0.400. The molecule has 0 heterocycles. The molecule has 0 amide bonds. The van der Waals surface area contributed by atoms with Gasteiger partial charge in [-0.3, -0.25) is 0 Å². The van der Waals surface area contributed by atoms with Crippen LogP contribution in [-0.2, 0) is 0 Å². The lowest BCUT2D eigenvalue weighted by Gasteiger charge is -2.07. The van der Waals surface area contributed by atoms with Gasteiger partial charge in [-0.15, -0.1) is 0 Å². The number of hydrogen-bond acceptors (Lipinski definition) is 2. The molecule has 0 aliphatic rings. The molecule has 1 rings (SSSR count). The summed E-state index contributed by atoms with van der Waals surface area (Å²) in [4.78, 5) is 0. The molecule has 1 aromatic carbocycles. The van der Waals surface area contributed by atoms with E-state index < -0.39 is 0 Å². The number of nitrogens with two attached hydrogens (primary N) is 1. The second kappa shape index (κ2) is 4.39. The smallest absolute Gasteiger partial charge is 0.185 e. The summed E-state index contributed by atoms with van der Waals surface area (Å²) in [7, 11) is 0. The van der Waals surface area contributed by atoms with Crippen LogP contribution in [0, 0.1) is 0 Å². The largest absolute Gasteiger partial charge is 0.331 e. The highest BCUT2D eigenvalue weighted by atomic mass is 79.9. The third kappa shape index (κ3) is 2.44. The van der Waals surface area contributed by atoms with Gasteiger partial charge in [0, 0.05) is 4.47 Å². The van der Waals surface area contributed by atoms with Gasteiger partial charge in [0.1, 0.15) is 0 Å². The fourth-order valence-electron chi connectivity index (χ4n) is 0.721. The minimum atomic E-state index is 0.391. The highest BCUT2D eigenvalue weighted by Gasteiger charge is 1.98. The first-order valence-corrected chi connectivity index (χ1v) is 4.46. The predicted molar refractivity (Wildman–Crippen MR) is 57.7 cm³/mol. The number of halogens is 1. The van der Waals surface area contributed by atoms with E-state index in [2.05, 4.69) is 26.7 Å². The Kier molecular flexibility index (Phi) is 3.46. The Balaban J connectivity index is 2.75. The molecule has 0 spiro atoms. The monoisotopic (exact) mass is 245 g/mol. The maximum absolute atomic E-state index is 5.10. The van der Waals surface area contributed by atoms with Gasteiger partial charge in [-0.05, 0) is 40.3 Å². The summed E-state index contributed by atoms with van der Waals surface area (Å²) in [6, 6.07) is 7.65. The molecule has 1 aromatic rings. The lowest BCUT2D eigenvalue weighted by Crippen LogP contribution is -2.34. The van der Waals surface area contributed by atoms with E-state index in [1.165, 1.54) is 0 Å². The Bertz CT molecular complexity index is 290. The number of anilines is 1. The lowest BCUT2D eigenvalue weighted by atomic mass is 10.3. The molecule has 0 aromatic heterocycles. The summed E-state index contributed by atoms with van der Waals surface area (Å²) >= 11 is 8.19. The fourth-order valence-corrected chi connectivity index (χ4v) is 1.21. The van der Waals surface area contributed by atoms with Gasteiger partial charge in [0.15, 0.2) is 5.11 Å². The SMILES string of the molecule is NNC(=S)Nc1ccccc1Br. The Morgan fingerprint density at radius 2 is 2.08 bits per heavy atom. The van der Waals surface area contributed by atoms with Crippen LogP contribution in [0.1, 0.15) is 0 Å². The van der Waals surface area contributed by atoms with Crippen molar-refractivity contribution in [1.82, 2.24) is 5.43 Å². The third-order valence-electron chi connectivity index (χ3n) is 1.25. The predicted octanol–water partition coefficient (Wildman–Crippen LogP) is 1.61. The summed E-state index contributed by atoms with van der Waals surface area (Å²) < 4.78 is 0.947. The van der Waals surface area contributed by atoms with Gasteiger partial charge in [0.25, 0.3) is 0 Å². The van der Waals surface area contributed by atoms with Gasteiger partial charge in [-0.1, -0.05) is 12.1 Å². The molecule has 3 nitrogen and oxygen atoms in total. The minimum absolute atomic E-state index is 0.391. The molecule has 0 aliphatic heterocycles. The van der Waals surface area contributed by atoms with Crippen LogP contribution in [0.15, 0.2) is 28.7 Å². The summed E-state index contributed by atoms with van der Waals surface area (Å²) in [5, 5.41) is 3.30. The van der Waals surface area contributed by atoms with Gasteiger partial charge >= 0.3 is 0 Å².